The molecule has 6 heterocycles. The van der Waals surface area contributed by atoms with E-state index in [1.54, 1.807) is 27.0 Å². The second kappa shape index (κ2) is 11.0. The van der Waals surface area contributed by atoms with Crippen LogP contribution in [-0.4, -0.2) is 70.0 Å². The Morgan fingerprint density at radius 1 is 1.23 bits per heavy atom. The summed E-state index contributed by atoms with van der Waals surface area (Å²) in [5, 5.41) is 13.4. The summed E-state index contributed by atoms with van der Waals surface area (Å²) in [7, 11) is 0. The van der Waals surface area contributed by atoms with Crippen LogP contribution >= 0.6 is 11.3 Å². The van der Waals surface area contributed by atoms with E-state index >= 15 is 8.78 Å². The van der Waals surface area contributed by atoms with Gasteiger partial charge in [0, 0.05) is 47.1 Å². The van der Waals surface area contributed by atoms with Gasteiger partial charge in [0.15, 0.2) is 11.6 Å². The Morgan fingerprint density at radius 3 is 2.74 bits per heavy atom. The fourth-order valence-electron chi connectivity index (χ4n) is 6.91. The van der Waals surface area contributed by atoms with Crippen molar-refractivity contribution in [1.82, 2.24) is 19.9 Å². The molecule has 2 saturated heterocycles. The molecule has 4 aliphatic rings. The molecule has 1 aromatic carbocycles. The Balaban J connectivity index is 1.16. The molecule has 8 rings (SSSR count). The number of nitrogens with one attached hydrogen (secondary N) is 1. The molecule has 0 unspecified atom stereocenters. The van der Waals surface area contributed by atoms with Gasteiger partial charge in [0.2, 0.25) is 0 Å². The standard InChI is InChI=1S/C33H32F2N6O5S/c1-32(2,3)46-31(42)40-29-18(7-36)24-27(37-9-22(34)28(24)47-29)23-21-13-43-12-20(21)19-8-38-30(39-26(19)25(23)35)45-15-33(4-5-33)14-41-10-17-6-16(41)11-44-17/h8-9,16-17H,4-6,10-15H2,1-3H3,(H,40,42)/t16-,17-/m0/s1. The van der Waals surface area contributed by atoms with Gasteiger partial charge in [-0.05, 0) is 51.2 Å². The van der Waals surface area contributed by atoms with E-state index < -0.39 is 23.3 Å². The van der Waals surface area contributed by atoms with Crippen LogP contribution in [0.4, 0.5) is 18.6 Å². The van der Waals surface area contributed by atoms with Gasteiger partial charge < -0.3 is 18.9 Å². The zero-order valence-electron chi connectivity index (χ0n) is 26.1. The highest BCUT2D eigenvalue weighted by Crippen LogP contribution is 2.49. The van der Waals surface area contributed by atoms with E-state index in [1.165, 1.54) is 0 Å². The number of morpholine rings is 1. The van der Waals surface area contributed by atoms with Crippen molar-refractivity contribution in [1.29, 1.82) is 5.26 Å². The molecule has 3 aromatic heterocycles. The Morgan fingerprint density at radius 2 is 2.04 bits per heavy atom. The summed E-state index contributed by atoms with van der Waals surface area (Å²) in [6, 6.07) is 2.58. The number of aromatic nitrogens is 3. The van der Waals surface area contributed by atoms with Crippen LogP contribution < -0.4 is 10.1 Å². The smallest absolute Gasteiger partial charge is 0.412 e. The largest absolute Gasteiger partial charge is 0.463 e. The Bertz CT molecular complexity index is 2000. The lowest BCUT2D eigenvalue weighted by molar-refractivity contribution is 0.0176. The lowest BCUT2D eigenvalue weighted by atomic mass is 9.94. The maximum Gasteiger partial charge on any atom is 0.412 e. The first-order valence-electron chi connectivity index (χ1n) is 15.6. The molecular formula is C33H32F2N6O5S. The molecule has 2 atom stereocenters. The first-order chi connectivity index (χ1) is 22.5. The number of anilines is 1. The predicted octanol–water partition coefficient (Wildman–Crippen LogP) is 6.07. The lowest BCUT2D eigenvalue weighted by Crippen LogP contribution is -2.42. The minimum absolute atomic E-state index is 0.0135. The van der Waals surface area contributed by atoms with Gasteiger partial charge in [-0.3, -0.25) is 15.2 Å². The average molecular weight is 663 g/mol. The molecule has 47 heavy (non-hydrogen) atoms. The van der Waals surface area contributed by atoms with Crippen molar-refractivity contribution in [2.24, 2.45) is 5.41 Å². The van der Waals surface area contributed by atoms with Crippen LogP contribution in [0.3, 0.4) is 0 Å². The van der Waals surface area contributed by atoms with Crippen LogP contribution in [0.1, 0.15) is 56.7 Å². The van der Waals surface area contributed by atoms with Crippen molar-refractivity contribution in [3.05, 3.63) is 40.7 Å². The van der Waals surface area contributed by atoms with Crippen molar-refractivity contribution in [3.8, 4) is 23.3 Å². The molecule has 2 bridgehead atoms. The van der Waals surface area contributed by atoms with Gasteiger partial charge in [-0.1, -0.05) is 0 Å². The number of benzene rings is 1. The Labute approximate surface area is 272 Å². The number of pyridine rings is 1. The van der Waals surface area contributed by atoms with E-state index in [0.29, 0.717) is 35.3 Å². The van der Waals surface area contributed by atoms with Crippen molar-refractivity contribution in [2.75, 3.05) is 31.6 Å². The minimum atomic E-state index is -0.805. The molecule has 244 valence electrons. The molecule has 3 fully saturated rings. The van der Waals surface area contributed by atoms with Crippen LogP contribution in [0, 0.1) is 28.4 Å². The molecule has 1 aliphatic carbocycles. The van der Waals surface area contributed by atoms with Gasteiger partial charge in [-0.15, -0.1) is 11.3 Å². The summed E-state index contributed by atoms with van der Waals surface area (Å²) < 4.78 is 55.0. The third-order valence-corrected chi connectivity index (χ3v) is 10.4. The van der Waals surface area contributed by atoms with Gasteiger partial charge in [0.25, 0.3) is 0 Å². The van der Waals surface area contributed by atoms with Crippen molar-refractivity contribution in [2.45, 2.75) is 71.0 Å². The fraction of sp³-hybridized carbons (Fsp3) is 0.485. The SMILES string of the molecule is CC(C)(C)OC(=O)Nc1sc2c(F)cnc(-c3c4c(c5cnc(OCC6(CN7C[C@@H]8C[C@H]7CO8)CC6)nc5c3F)COC4)c2c1C#N. The van der Waals surface area contributed by atoms with Crippen LogP contribution in [0.5, 0.6) is 6.01 Å². The van der Waals surface area contributed by atoms with Gasteiger partial charge in [-0.25, -0.2) is 18.6 Å². The number of carbonyl (C=O) groups is 1. The number of thiophene rings is 1. The molecule has 4 aromatic rings. The average Bonchev–Trinajstić information content (AvgIpc) is 3.46. The number of rotatable bonds is 7. The Kier molecular flexibility index (Phi) is 7.10. The number of carbonyl (C=O) groups excluding carboxylic acids is 1. The summed E-state index contributed by atoms with van der Waals surface area (Å²) >= 11 is 0.854. The molecule has 1 N–H and O–H groups in total. The number of nitrogens with zero attached hydrogens (tertiary/aromatic N) is 5. The summed E-state index contributed by atoms with van der Waals surface area (Å²) in [5.41, 5.74) is 0.500. The summed E-state index contributed by atoms with van der Waals surface area (Å²) in [6.07, 6.45) is 5.22. The van der Waals surface area contributed by atoms with Gasteiger partial charge in [0.05, 0.1) is 54.7 Å². The monoisotopic (exact) mass is 662 g/mol. The van der Waals surface area contributed by atoms with E-state index in [4.69, 9.17) is 18.9 Å². The lowest BCUT2D eigenvalue weighted by Gasteiger charge is -2.30. The number of hydrogen-bond acceptors (Lipinski definition) is 11. The van der Waals surface area contributed by atoms with Crippen molar-refractivity contribution < 1.29 is 32.5 Å². The highest BCUT2D eigenvalue weighted by atomic mass is 32.1. The number of nitriles is 1. The minimum Gasteiger partial charge on any atom is -0.463 e. The summed E-state index contributed by atoms with van der Waals surface area (Å²) in [6.45, 7) is 8.45. The van der Waals surface area contributed by atoms with Gasteiger partial charge >= 0.3 is 12.1 Å². The second-order valence-corrected chi connectivity index (χ2v) is 14.8. The maximum absolute atomic E-state index is 16.8. The quantitative estimate of drug-likeness (QED) is 0.249. The number of likely N-dealkylation sites (tertiary alicyclic amines) is 1. The Hall–Kier alpha value is -4.03. The van der Waals surface area contributed by atoms with Crippen LogP contribution in [-0.2, 0) is 27.4 Å². The zero-order valence-corrected chi connectivity index (χ0v) is 26.9. The molecule has 14 heteroatoms. The zero-order chi connectivity index (χ0) is 32.7. The topological polar surface area (TPSA) is 132 Å². The van der Waals surface area contributed by atoms with Crippen LogP contribution in [0.2, 0.25) is 0 Å². The number of amides is 1. The predicted molar refractivity (Wildman–Crippen MR) is 168 cm³/mol. The molecule has 3 aliphatic heterocycles. The highest BCUT2D eigenvalue weighted by Gasteiger charge is 2.49. The van der Waals surface area contributed by atoms with E-state index in [-0.39, 0.29) is 62.1 Å². The van der Waals surface area contributed by atoms with E-state index in [0.717, 1.165) is 56.5 Å². The molecule has 0 radical (unpaired) electrons. The van der Waals surface area contributed by atoms with Crippen molar-refractivity contribution in [3.63, 3.8) is 0 Å². The summed E-state index contributed by atoms with van der Waals surface area (Å²) in [5.74, 6) is -1.42. The van der Waals surface area contributed by atoms with E-state index in [9.17, 15) is 10.1 Å². The van der Waals surface area contributed by atoms with Crippen LogP contribution in [0.15, 0.2) is 12.4 Å². The maximum atomic E-state index is 16.8. The number of halogens is 2. The van der Waals surface area contributed by atoms with Gasteiger partial charge in [-0.2, -0.15) is 10.2 Å². The van der Waals surface area contributed by atoms with Gasteiger partial charge in [0.1, 0.15) is 22.2 Å². The first-order valence-corrected chi connectivity index (χ1v) is 16.4. The molecular weight excluding hydrogens is 630 g/mol. The molecule has 1 saturated carbocycles. The van der Waals surface area contributed by atoms with Crippen molar-refractivity contribution >= 4 is 43.4 Å². The van der Waals surface area contributed by atoms with E-state index in [2.05, 4.69) is 31.2 Å². The van der Waals surface area contributed by atoms with Crippen LogP contribution in [0.25, 0.3) is 32.2 Å². The van der Waals surface area contributed by atoms with E-state index in [1.807, 2.05) is 0 Å². The second-order valence-electron chi connectivity index (χ2n) is 13.8. The molecule has 0 spiro atoms. The normalized spacial score (nSPS) is 21.3. The molecule has 1 amide bonds. The molecule has 11 nitrogen and oxygen atoms in total. The highest BCUT2D eigenvalue weighted by molar-refractivity contribution is 7.23. The number of ether oxygens (including phenoxy) is 4. The third-order valence-electron chi connectivity index (χ3n) is 9.33. The summed E-state index contributed by atoms with van der Waals surface area (Å²) in [4.78, 5) is 28.3. The first kappa shape index (κ1) is 30.3. The number of hydrogen-bond donors (Lipinski definition) is 1. The fourth-order valence-corrected chi connectivity index (χ4v) is 7.95. The third kappa shape index (κ3) is 5.35. The number of fused-ring (bicyclic) bond motifs is 6.